The van der Waals surface area contributed by atoms with Gasteiger partial charge in [-0.05, 0) is 105 Å². The number of rotatable bonds is 8. The predicted molar refractivity (Wildman–Crippen MR) is 216 cm³/mol. The first-order valence-electron chi connectivity index (χ1n) is 23.5. The number of hydrogen-bond donors (Lipinski definition) is 10. The second kappa shape index (κ2) is 17.3. The van der Waals surface area contributed by atoms with E-state index in [1.54, 1.807) is 0 Å². The summed E-state index contributed by atoms with van der Waals surface area (Å²) in [6, 6.07) is 0. The highest BCUT2D eigenvalue weighted by molar-refractivity contribution is 5.26. The van der Waals surface area contributed by atoms with Crippen molar-refractivity contribution >= 4 is 0 Å². The third kappa shape index (κ3) is 7.49. The van der Waals surface area contributed by atoms with Crippen LogP contribution in [-0.2, 0) is 33.2 Å². The highest BCUT2D eigenvalue weighted by Crippen LogP contribution is 2.70. The molecule has 0 radical (unpaired) electrons. The van der Waals surface area contributed by atoms with E-state index in [2.05, 4.69) is 39.1 Å². The fraction of sp³-hybridized carbons (Fsp3) is 0.956. The van der Waals surface area contributed by atoms with E-state index in [1.165, 1.54) is 25.3 Å². The lowest BCUT2D eigenvalue weighted by Gasteiger charge is -2.59. The highest BCUT2D eigenvalue weighted by atomic mass is 16.8. The number of fused-ring (bicyclic) bond motifs is 7. The summed E-state index contributed by atoms with van der Waals surface area (Å²) in [5.41, 5.74) is 1.32. The van der Waals surface area contributed by atoms with Gasteiger partial charge >= 0.3 is 0 Å². The topological polar surface area (TPSA) is 259 Å². The van der Waals surface area contributed by atoms with Crippen molar-refractivity contribution in [2.75, 3.05) is 19.8 Å². The standard InChI is InChI=1S/C45H73NO16/c1-19-8-13-45(46-16-19)20(2)30-27(62-45)15-26-24-7-6-22-14-23(9-11-43(22,4)25(24)10-12-44(26,30)5)57-42-39(61-40-36(54)34(52)31(49)21(3)56-40)38(33(51)29(18-48)59-42)60-41-37(55)35(53)32(50)28(17-47)58-41/h6,19-21,23-42,46-55H,7-18H2,1-5H3/t19-,20+,21+,23+,24-,25+,26+,27-,28-,29-,30-,31+,32-,33+,34-,35+,36-,37-,38+,39-,40+,41+,42-,43+,44+,45-/m1/s1. The summed E-state index contributed by atoms with van der Waals surface area (Å²) in [6.07, 6.45) is -11.9. The number of hydrogen-bond acceptors (Lipinski definition) is 17. The summed E-state index contributed by atoms with van der Waals surface area (Å²) in [6.45, 7) is 10.8. The Labute approximate surface area is 364 Å². The van der Waals surface area contributed by atoms with Gasteiger partial charge in [0.2, 0.25) is 0 Å². The van der Waals surface area contributed by atoms with Crippen molar-refractivity contribution in [2.45, 2.75) is 202 Å². The number of allylic oxidation sites excluding steroid dienone is 1. The lowest BCUT2D eigenvalue weighted by atomic mass is 9.47. The van der Waals surface area contributed by atoms with E-state index in [4.69, 9.17) is 33.2 Å². The Bertz CT molecular complexity index is 1610. The van der Waals surface area contributed by atoms with Gasteiger partial charge in [-0.1, -0.05) is 39.3 Å². The van der Waals surface area contributed by atoms with Crippen LogP contribution < -0.4 is 5.32 Å². The molecule has 1 spiro atoms. The van der Waals surface area contributed by atoms with Crippen molar-refractivity contribution in [1.29, 1.82) is 0 Å². The largest absolute Gasteiger partial charge is 0.394 e. The average Bonchev–Trinajstić information content (AvgIpc) is 3.70. The molecule has 5 saturated heterocycles. The van der Waals surface area contributed by atoms with E-state index in [9.17, 15) is 46.0 Å². The first-order valence-corrected chi connectivity index (χ1v) is 23.5. The molecule has 5 aliphatic heterocycles. The molecule has 0 unspecified atom stereocenters. The van der Waals surface area contributed by atoms with Crippen LogP contribution in [0.4, 0.5) is 0 Å². The lowest BCUT2D eigenvalue weighted by Crippen LogP contribution is -2.67. The summed E-state index contributed by atoms with van der Waals surface area (Å²) in [5, 5.41) is 99.7. The molecular weight excluding hydrogens is 810 g/mol. The number of piperidine rings is 1. The Hall–Kier alpha value is -0.940. The molecule has 9 aliphatic rings. The second-order valence-corrected chi connectivity index (χ2v) is 21.2. The molecule has 17 heteroatoms. The van der Waals surface area contributed by atoms with Gasteiger partial charge in [0.05, 0.1) is 31.5 Å². The van der Waals surface area contributed by atoms with Gasteiger partial charge in [0.25, 0.3) is 0 Å². The zero-order chi connectivity index (χ0) is 44.2. The molecule has 0 amide bonds. The quantitative estimate of drug-likeness (QED) is 0.142. The smallest absolute Gasteiger partial charge is 0.187 e. The average molecular weight is 884 g/mol. The molecule has 0 aromatic rings. The minimum Gasteiger partial charge on any atom is -0.394 e. The van der Waals surface area contributed by atoms with E-state index in [-0.39, 0.29) is 22.7 Å². The molecule has 0 bridgehead atoms. The Morgan fingerprint density at radius 2 is 1.35 bits per heavy atom. The summed E-state index contributed by atoms with van der Waals surface area (Å²) in [5.74, 6) is 3.32. The molecule has 354 valence electrons. The Morgan fingerprint density at radius 1 is 0.694 bits per heavy atom. The van der Waals surface area contributed by atoms with Crippen molar-refractivity contribution in [3.05, 3.63) is 11.6 Å². The zero-order valence-electron chi connectivity index (χ0n) is 36.7. The molecule has 8 fully saturated rings. The van der Waals surface area contributed by atoms with Gasteiger partial charge in [-0.3, -0.25) is 5.32 Å². The molecule has 5 heterocycles. The van der Waals surface area contributed by atoms with E-state index < -0.39 is 111 Å². The second-order valence-electron chi connectivity index (χ2n) is 21.2. The first-order chi connectivity index (χ1) is 29.4. The maximum atomic E-state index is 11.6. The van der Waals surface area contributed by atoms with Crippen LogP contribution in [0.3, 0.4) is 0 Å². The fourth-order valence-electron chi connectivity index (χ4n) is 14.2. The minimum atomic E-state index is -1.84. The summed E-state index contributed by atoms with van der Waals surface area (Å²) in [4.78, 5) is 0. The van der Waals surface area contributed by atoms with Crippen molar-refractivity contribution in [3.63, 3.8) is 0 Å². The molecule has 10 N–H and O–H groups in total. The summed E-state index contributed by atoms with van der Waals surface area (Å²) >= 11 is 0. The van der Waals surface area contributed by atoms with E-state index in [0.717, 1.165) is 38.6 Å². The predicted octanol–water partition coefficient (Wildman–Crippen LogP) is -0.213. The van der Waals surface area contributed by atoms with Crippen molar-refractivity contribution in [3.8, 4) is 0 Å². The van der Waals surface area contributed by atoms with E-state index >= 15 is 0 Å². The minimum absolute atomic E-state index is 0.0361. The Morgan fingerprint density at radius 3 is 2.05 bits per heavy atom. The van der Waals surface area contributed by atoms with Crippen LogP contribution >= 0.6 is 0 Å². The molecule has 17 nitrogen and oxygen atoms in total. The van der Waals surface area contributed by atoms with E-state index in [1.807, 2.05) is 0 Å². The van der Waals surface area contributed by atoms with Gasteiger partial charge < -0.3 is 79.1 Å². The number of aliphatic hydroxyl groups is 9. The van der Waals surface area contributed by atoms with Gasteiger partial charge in [0, 0.05) is 12.5 Å². The summed E-state index contributed by atoms with van der Waals surface area (Å²) in [7, 11) is 0. The summed E-state index contributed by atoms with van der Waals surface area (Å²) < 4.78 is 43.9. The van der Waals surface area contributed by atoms with Crippen LogP contribution in [0.1, 0.15) is 92.4 Å². The zero-order valence-corrected chi connectivity index (χ0v) is 36.7. The van der Waals surface area contributed by atoms with Gasteiger partial charge in [0.1, 0.15) is 72.9 Å². The monoisotopic (exact) mass is 883 g/mol. The molecule has 4 aliphatic carbocycles. The van der Waals surface area contributed by atoms with Crippen LogP contribution in [0.5, 0.6) is 0 Å². The first kappa shape index (κ1) is 46.2. The van der Waals surface area contributed by atoms with Gasteiger partial charge in [-0.2, -0.15) is 0 Å². The molecule has 26 atom stereocenters. The van der Waals surface area contributed by atoms with E-state index in [0.29, 0.717) is 48.3 Å². The van der Waals surface area contributed by atoms with Crippen LogP contribution in [-0.4, -0.2) is 176 Å². The van der Waals surface area contributed by atoms with Crippen LogP contribution in [0.2, 0.25) is 0 Å². The maximum Gasteiger partial charge on any atom is 0.187 e. The molecule has 3 saturated carbocycles. The molecular formula is C45H73NO16. The van der Waals surface area contributed by atoms with Crippen molar-refractivity contribution in [1.82, 2.24) is 5.32 Å². The molecule has 62 heavy (non-hydrogen) atoms. The Balaban J connectivity index is 0.940. The van der Waals surface area contributed by atoms with Crippen LogP contribution in [0, 0.1) is 46.3 Å². The van der Waals surface area contributed by atoms with Gasteiger partial charge in [-0.25, -0.2) is 0 Å². The normalized spacial score (nSPS) is 57.6. The SMILES string of the molecule is C[C@@H]1CC[C@@]2(NC1)O[C@@H]1C[C@H]3[C@@H]4CC=C5C[C@@H](O[C@@H]6O[C@H](CO)[C@H](O)[C@H](O[C@@H]7O[C@H](CO)[C@@H](O)[C@H](O)[C@H]7O)[C@H]6O[C@@H]6O[C@@H](C)[C@H](O)[C@@H](O)[C@H]6O)CC[C@]5(C)[C@H]4CC[C@]3(C)[C@@H]1[C@@H]2C. The highest BCUT2D eigenvalue weighted by Gasteiger charge is 2.68. The molecule has 0 aromatic heterocycles. The van der Waals surface area contributed by atoms with Crippen LogP contribution in [0.15, 0.2) is 11.6 Å². The number of nitrogens with one attached hydrogen (secondary N) is 1. The van der Waals surface area contributed by atoms with Gasteiger partial charge in [-0.15, -0.1) is 0 Å². The molecule has 9 rings (SSSR count). The third-order valence-corrected chi connectivity index (χ3v) is 17.9. The molecule has 0 aromatic carbocycles. The van der Waals surface area contributed by atoms with Gasteiger partial charge in [0.15, 0.2) is 18.9 Å². The van der Waals surface area contributed by atoms with Crippen molar-refractivity contribution in [2.24, 2.45) is 46.3 Å². The lowest BCUT2D eigenvalue weighted by molar-refractivity contribution is -0.394. The number of aliphatic hydroxyl groups excluding tert-OH is 9. The number of ether oxygens (including phenoxy) is 7. The van der Waals surface area contributed by atoms with Crippen LogP contribution in [0.25, 0.3) is 0 Å². The fourth-order valence-corrected chi connectivity index (χ4v) is 14.2. The Kier molecular flexibility index (Phi) is 12.9. The van der Waals surface area contributed by atoms with Crippen molar-refractivity contribution < 1.29 is 79.1 Å². The maximum absolute atomic E-state index is 11.6. The third-order valence-electron chi connectivity index (χ3n) is 17.9.